The minimum absolute atomic E-state index is 0.0824. The van der Waals surface area contributed by atoms with Crippen LogP contribution >= 0.6 is 11.8 Å². The molecule has 0 amide bonds. The zero-order valence-corrected chi connectivity index (χ0v) is 18.7. The molecular formula is C24H28N2O4S. The van der Waals surface area contributed by atoms with Crippen molar-refractivity contribution in [1.82, 2.24) is 9.47 Å². The number of carbonyl (C=O) groups is 1. The summed E-state index contributed by atoms with van der Waals surface area (Å²) in [4.78, 5) is 28.3. The maximum absolute atomic E-state index is 13.0. The number of hydrogen-bond donors (Lipinski definition) is 0. The number of rotatable bonds is 4. The third-order valence-corrected chi connectivity index (χ3v) is 7.89. The Bertz CT molecular complexity index is 1020. The van der Waals surface area contributed by atoms with Gasteiger partial charge in [0.05, 0.1) is 7.11 Å². The van der Waals surface area contributed by atoms with Gasteiger partial charge in [0.1, 0.15) is 17.4 Å². The van der Waals surface area contributed by atoms with E-state index in [1.165, 1.54) is 36.5 Å². The smallest absolute Gasteiger partial charge is 0.343 e. The summed E-state index contributed by atoms with van der Waals surface area (Å²) < 4.78 is 13.2. The van der Waals surface area contributed by atoms with Gasteiger partial charge in [-0.2, -0.15) is 11.8 Å². The van der Waals surface area contributed by atoms with Gasteiger partial charge in [-0.3, -0.25) is 9.69 Å². The molecule has 6 nitrogen and oxygen atoms in total. The molecule has 2 aromatic rings. The first-order chi connectivity index (χ1) is 15.1. The highest BCUT2D eigenvalue weighted by molar-refractivity contribution is 7.99. The Morgan fingerprint density at radius 3 is 2.58 bits per heavy atom. The molecule has 3 heterocycles. The Hall–Kier alpha value is -2.25. The zero-order valence-electron chi connectivity index (χ0n) is 17.8. The number of hydrogen-bond acceptors (Lipinski definition) is 6. The van der Waals surface area contributed by atoms with Crippen molar-refractivity contribution in [3.63, 3.8) is 0 Å². The number of nitrogens with zero attached hydrogens (tertiary/aromatic N) is 2. The average molecular weight is 441 g/mol. The monoisotopic (exact) mass is 440 g/mol. The second-order valence-electron chi connectivity index (χ2n) is 8.53. The van der Waals surface area contributed by atoms with Gasteiger partial charge in [-0.05, 0) is 23.3 Å². The first-order valence-electron chi connectivity index (χ1n) is 11.0. The number of fused-ring (bicyclic) bond motifs is 2. The normalized spacial score (nSPS) is 21.4. The van der Waals surface area contributed by atoms with Crippen molar-refractivity contribution in [3.05, 3.63) is 63.1 Å². The lowest BCUT2D eigenvalue weighted by Crippen LogP contribution is -2.37. The number of benzene rings is 1. The molecule has 2 aliphatic heterocycles. The van der Waals surface area contributed by atoms with Crippen molar-refractivity contribution >= 4 is 17.7 Å². The summed E-state index contributed by atoms with van der Waals surface area (Å²) in [5, 5.41) is 0. The van der Waals surface area contributed by atoms with Crippen molar-refractivity contribution in [2.24, 2.45) is 0 Å². The Balaban J connectivity index is 1.45. The van der Waals surface area contributed by atoms with Gasteiger partial charge >= 0.3 is 5.97 Å². The summed E-state index contributed by atoms with van der Waals surface area (Å²) in [6.07, 6.45) is 3.31. The van der Waals surface area contributed by atoms with Crippen LogP contribution in [0.5, 0.6) is 5.75 Å². The lowest BCUT2D eigenvalue weighted by molar-refractivity contribution is 0.0590. The Labute approximate surface area is 186 Å². The summed E-state index contributed by atoms with van der Waals surface area (Å²) in [6, 6.07) is 10.3. The highest BCUT2D eigenvalue weighted by Gasteiger charge is 2.31. The van der Waals surface area contributed by atoms with Gasteiger partial charge < -0.3 is 14.0 Å². The van der Waals surface area contributed by atoms with Crippen LogP contribution in [0.1, 0.15) is 33.6 Å². The fraction of sp³-hybridized carbons (Fsp3) is 0.500. The number of thioether (sulfide) groups is 1. The third kappa shape index (κ3) is 4.01. The van der Waals surface area contributed by atoms with Crippen LogP contribution in [0, 0.1) is 0 Å². The van der Waals surface area contributed by atoms with Crippen molar-refractivity contribution in [2.45, 2.75) is 44.4 Å². The average Bonchev–Trinajstić information content (AvgIpc) is 3.39. The highest BCUT2D eigenvalue weighted by atomic mass is 32.2. The fourth-order valence-corrected chi connectivity index (χ4v) is 6.39. The van der Waals surface area contributed by atoms with E-state index in [2.05, 4.69) is 17.0 Å². The van der Waals surface area contributed by atoms with E-state index in [9.17, 15) is 9.59 Å². The minimum atomic E-state index is -0.431. The Kier molecular flexibility index (Phi) is 5.80. The molecule has 1 aromatic heterocycles. The van der Waals surface area contributed by atoms with Crippen LogP contribution in [-0.2, 0) is 30.5 Å². The SMILES string of the molecule is COC(=O)c1c(OC2Cc3ccccc3C2)cc(=O)n2c1CCN(C1CCSC1)CC2. The second-order valence-corrected chi connectivity index (χ2v) is 9.68. The van der Waals surface area contributed by atoms with Crippen LogP contribution in [0.15, 0.2) is 35.1 Å². The molecule has 1 aromatic carbocycles. The maximum atomic E-state index is 13.0. The molecule has 164 valence electrons. The predicted octanol–water partition coefficient (Wildman–Crippen LogP) is 2.54. The molecule has 1 atom stereocenters. The minimum Gasteiger partial charge on any atom is -0.489 e. The number of esters is 1. The quantitative estimate of drug-likeness (QED) is 0.681. The number of pyridine rings is 1. The lowest BCUT2D eigenvalue weighted by Gasteiger charge is -2.26. The van der Waals surface area contributed by atoms with Crippen molar-refractivity contribution < 1.29 is 14.3 Å². The van der Waals surface area contributed by atoms with Gasteiger partial charge in [-0.1, -0.05) is 24.3 Å². The molecular weight excluding hydrogens is 412 g/mol. The molecule has 1 aliphatic carbocycles. The molecule has 0 radical (unpaired) electrons. The van der Waals surface area contributed by atoms with Crippen LogP contribution in [0.4, 0.5) is 0 Å². The summed E-state index contributed by atoms with van der Waals surface area (Å²) in [6.45, 7) is 2.26. The lowest BCUT2D eigenvalue weighted by atomic mass is 10.1. The largest absolute Gasteiger partial charge is 0.489 e. The standard InChI is InChI=1S/C24H28N2O4S/c1-29-24(28)23-20-6-8-25(18-7-11-31-15-18)9-10-26(20)22(27)14-21(23)30-19-12-16-4-2-3-5-17(16)13-19/h2-5,14,18-19H,6-13,15H2,1H3. The van der Waals surface area contributed by atoms with E-state index in [1.807, 2.05) is 23.9 Å². The molecule has 0 saturated carbocycles. The molecule has 7 heteroatoms. The van der Waals surface area contributed by atoms with Gasteiger partial charge in [0.2, 0.25) is 0 Å². The Morgan fingerprint density at radius 1 is 1.13 bits per heavy atom. The topological polar surface area (TPSA) is 60.8 Å². The van der Waals surface area contributed by atoms with Gasteiger partial charge in [0, 0.05) is 62.5 Å². The summed E-state index contributed by atoms with van der Waals surface area (Å²) >= 11 is 1.99. The number of ether oxygens (including phenoxy) is 2. The zero-order chi connectivity index (χ0) is 21.4. The van der Waals surface area contributed by atoms with Crippen molar-refractivity contribution in [1.29, 1.82) is 0 Å². The van der Waals surface area contributed by atoms with E-state index in [-0.39, 0.29) is 11.7 Å². The molecule has 1 fully saturated rings. The fourth-order valence-electron chi connectivity index (χ4n) is 5.14. The van der Waals surface area contributed by atoms with E-state index in [4.69, 9.17) is 9.47 Å². The van der Waals surface area contributed by atoms with E-state index in [1.54, 1.807) is 4.57 Å². The van der Waals surface area contributed by atoms with Crippen molar-refractivity contribution in [3.8, 4) is 5.75 Å². The van der Waals surface area contributed by atoms with Gasteiger partial charge in [-0.25, -0.2) is 4.79 Å². The molecule has 0 bridgehead atoms. The molecule has 1 unspecified atom stereocenters. The van der Waals surface area contributed by atoms with Crippen LogP contribution < -0.4 is 10.3 Å². The molecule has 5 rings (SSSR count). The van der Waals surface area contributed by atoms with E-state index in [0.717, 1.165) is 37.4 Å². The van der Waals surface area contributed by atoms with Gasteiger partial charge in [0.15, 0.2) is 0 Å². The first kappa shape index (κ1) is 20.6. The number of methoxy groups -OCH3 is 1. The summed E-state index contributed by atoms with van der Waals surface area (Å²) in [7, 11) is 1.39. The predicted molar refractivity (Wildman–Crippen MR) is 121 cm³/mol. The first-order valence-corrected chi connectivity index (χ1v) is 12.2. The molecule has 31 heavy (non-hydrogen) atoms. The number of aromatic nitrogens is 1. The summed E-state index contributed by atoms with van der Waals surface area (Å²) in [5.74, 6) is 2.28. The van der Waals surface area contributed by atoms with E-state index >= 15 is 0 Å². The molecule has 0 spiro atoms. The Morgan fingerprint density at radius 2 is 1.90 bits per heavy atom. The molecule has 3 aliphatic rings. The van der Waals surface area contributed by atoms with Gasteiger partial charge in [0.25, 0.3) is 5.56 Å². The maximum Gasteiger partial charge on any atom is 0.343 e. The third-order valence-electron chi connectivity index (χ3n) is 6.75. The highest BCUT2D eigenvalue weighted by Crippen LogP contribution is 2.30. The van der Waals surface area contributed by atoms with Crippen LogP contribution in [0.2, 0.25) is 0 Å². The summed E-state index contributed by atoms with van der Waals surface area (Å²) in [5.41, 5.74) is 3.60. The van der Waals surface area contributed by atoms with E-state index < -0.39 is 5.97 Å². The van der Waals surface area contributed by atoms with Crippen LogP contribution in [0.3, 0.4) is 0 Å². The van der Waals surface area contributed by atoms with Crippen molar-refractivity contribution in [2.75, 3.05) is 31.7 Å². The van der Waals surface area contributed by atoms with Crippen LogP contribution in [0.25, 0.3) is 0 Å². The van der Waals surface area contributed by atoms with Crippen LogP contribution in [-0.4, -0.2) is 59.3 Å². The number of carbonyl (C=O) groups excluding carboxylic acids is 1. The second kappa shape index (κ2) is 8.71. The molecule has 0 N–H and O–H groups in total. The molecule has 1 saturated heterocycles. The van der Waals surface area contributed by atoms with E-state index in [0.29, 0.717) is 30.3 Å². The van der Waals surface area contributed by atoms with Gasteiger partial charge in [-0.15, -0.1) is 0 Å².